The van der Waals surface area contributed by atoms with Crippen LogP contribution in [0.5, 0.6) is 0 Å². The molecule has 0 radical (unpaired) electrons. The summed E-state index contributed by atoms with van der Waals surface area (Å²) < 4.78 is 0. The average molecular weight is 329 g/mol. The maximum atomic E-state index is 12.7. The summed E-state index contributed by atoms with van der Waals surface area (Å²) in [6.07, 6.45) is 3.29. The summed E-state index contributed by atoms with van der Waals surface area (Å²) in [5.41, 5.74) is 3.31. The van der Waals surface area contributed by atoms with Crippen LogP contribution in [0.4, 0.5) is 0 Å². The third-order valence-electron chi connectivity index (χ3n) is 4.82. The molecule has 2 N–H and O–H groups in total. The molecule has 2 aromatic rings. The SMILES string of the molecule is CSCC[C@H]1NC(=O)[C@@H]2Cc3c([nH]c4ccccc34)CN2C1=O. The third kappa shape index (κ3) is 2.32. The molecule has 1 fully saturated rings. The van der Waals surface area contributed by atoms with E-state index < -0.39 is 0 Å². The molecule has 1 aromatic heterocycles. The first kappa shape index (κ1) is 14.6. The summed E-state index contributed by atoms with van der Waals surface area (Å²) in [5, 5.41) is 4.08. The zero-order valence-corrected chi connectivity index (χ0v) is 13.8. The van der Waals surface area contributed by atoms with Crippen LogP contribution >= 0.6 is 11.8 Å². The Morgan fingerprint density at radius 2 is 2.13 bits per heavy atom. The van der Waals surface area contributed by atoms with E-state index in [1.165, 1.54) is 5.56 Å². The number of piperazine rings is 1. The van der Waals surface area contributed by atoms with Gasteiger partial charge in [-0.25, -0.2) is 0 Å². The van der Waals surface area contributed by atoms with Crippen molar-refractivity contribution in [2.45, 2.75) is 31.5 Å². The second kappa shape index (κ2) is 5.60. The fourth-order valence-electron chi connectivity index (χ4n) is 3.63. The zero-order valence-electron chi connectivity index (χ0n) is 13.0. The van der Waals surface area contributed by atoms with Crippen LogP contribution in [-0.4, -0.2) is 45.8 Å². The third-order valence-corrected chi connectivity index (χ3v) is 5.46. The van der Waals surface area contributed by atoms with Gasteiger partial charge in [0.2, 0.25) is 11.8 Å². The number of thioether (sulfide) groups is 1. The molecule has 2 atom stereocenters. The Hall–Kier alpha value is -1.95. The van der Waals surface area contributed by atoms with Gasteiger partial charge >= 0.3 is 0 Å². The Labute approximate surface area is 138 Å². The number of para-hydroxylation sites is 1. The first-order valence-electron chi connectivity index (χ1n) is 7.87. The van der Waals surface area contributed by atoms with Crippen molar-refractivity contribution in [2.75, 3.05) is 12.0 Å². The Bertz CT molecular complexity index is 785. The minimum absolute atomic E-state index is 0.0216. The van der Waals surface area contributed by atoms with E-state index in [2.05, 4.69) is 16.4 Å². The molecule has 0 bridgehead atoms. The molecule has 6 heteroatoms. The molecule has 0 aliphatic carbocycles. The standard InChI is InChI=1S/C17H19N3O2S/c1-23-7-6-13-17(22)20-9-14-11(8-15(20)16(21)19-13)10-4-2-3-5-12(10)18-14/h2-5,13,15,18H,6-9H2,1H3,(H,19,21)/t13-,15+/m1/s1. The van der Waals surface area contributed by atoms with Gasteiger partial charge in [0.05, 0.1) is 6.54 Å². The van der Waals surface area contributed by atoms with Gasteiger partial charge in [-0.2, -0.15) is 11.8 Å². The number of carbonyl (C=O) groups is 2. The molecule has 120 valence electrons. The second-order valence-corrected chi connectivity index (χ2v) is 7.14. The number of benzene rings is 1. The number of aromatic nitrogens is 1. The van der Waals surface area contributed by atoms with Crippen molar-refractivity contribution in [1.82, 2.24) is 15.2 Å². The maximum Gasteiger partial charge on any atom is 0.246 e. The van der Waals surface area contributed by atoms with Crippen molar-refractivity contribution in [3.63, 3.8) is 0 Å². The first-order chi connectivity index (χ1) is 11.2. The predicted octanol–water partition coefficient (Wildman–Crippen LogP) is 1.67. The molecule has 5 nitrogen and oxygen atoms in total. The topological polar surface area (TPSA) is 65.2 Å². The number of hydrogen-bond acceptors (Lipinski definition) is 3. The second-order valence-electron chi connectivity index (χ2n) is 6.16. The molecule has 1 aromatic carbocycles. The van der Waals surface area contributed by atoms with Gasteiger partial charge in [-0.1, -0.05) is 18.2 Å². The van der Waals surface area contributed by atoms with Gasteiger partial charge < -0.3 is 15.2 Å². The van der Waals surface area contributed by atoms with Crippen molar-refractivity contribution in [3.8, 4) is 0 Å². The van der Waals surface area contributed by atoms with Crippen LogP contribution in [0.2, 0.25) is 0 Å². The van der Waals surface area contributed by atoms with Gasteiger partial charge in [0.1, 0.15) is 12.1 Å². The summed E-state index contributed by atoms with van der Waals surface area (Å²) in [5.74, 6) is 0.895. The van der Waals surface area contributed by atoms with Crippen molar-refractivity contribution in [2.24, 2.45) is 0 Å². The zero-order chi connectivity index (χ0) is 16.0. The molecule has 1 saturated heterocycles. The lowest BCUT2D eigenvalue weighted by Gasteiger charge is -2.41. The molecular formula is C17H19N3O2S. The van der Waals surface area contributed by atoms with Crippen molar-refractivity contribution < 1.29 is 9.59 Å². The Balaban J connectivity index is 1.68. The normalized spacial score (nSPS) is 23.6. The average Bonchev–Trinajstić information content (AvgIpc) is 2.93. The number of rotatable bonds is 3. The van der Waals surface area contributed by atoms with E-state index in [1.807, 2.05) is 24.5 Å². The molecule has 0 spiro atoms. The van der Waals surface area contributed by atoms with Crippen LogP contribution in [0.3, 0.4) is 0 Å². The predicted molar refractivity (Wildman–Crippen MR) is 91.3 cm³/mol. The monoisotopic (exact) mass is 329 g/mol. The number of carbonyl (C=O) groups excluding carboxylic acids is 2. The summed E-state index contributed by atoms with van der Waals surface area (Å²) in [6, 6.07) is 7.36. The Morgan fingerprint density at radius 3 is 2.96 bits per heavy atom. The lowest BCUT2D eigenvalue weighted by atomic mass is 9.92. The van der Waals surface area contributed by atoms with Crippen molar-refractivity contribution in [1.29, 1.82) is 0 Å². The van der Waals surface area contributed by atoms with Gasteiger partial charge in [-0.05, 0) is 30.1 Å². The molecule has 2 amide bonds. The van der Waals surface area contributed by atoms with Gasteiger partial charge in [-0.15, -0.1) is 0 Å². The fourth-order valence-corrected chi connectivity index (χ4v) is 4.11. The molecule has 3 heterocycles. The number of H-pyrrole nitrogens is 1. The molecule has 4 rings (SSSR count). The molecule has 23 heavy (non-hydrogen) atoms. The summed E-state index contributed by atoms with van der Waals surface area (Å²) in [6.45, 7) is 0.497. The van der Waals surface area contributed by atoms with E-state index in [0.717, 1.165) is 22.3 Å². The highest BCUT2D eigenvalue weighted by Crippen LogP contribution is 2.32. The minimum atomic E-state index is -0.378. The van der Waals surface area contributed by atoms with Crippen LogP contribution in [0.1, 0.15) is 17.7 Å². The number of nitrogens with one attached hydrogen (secondary N) is 2. The number of aromatic amines is 1. The van der Waals surface area contributed by atoms with E-state index in [4.69, 9.17) is 0 Å². The van der Waals surface area contributed by atoms with E-state index in [-0.39, 0.29) is 23.9 Å². The molecular weight excluding hydrogens is 310 g/mol. The quantitative estimate of drug-likeness (QED) is 0.900. The number of nitrogens with zero attached hydrogens (tertiary/aromatic N) is 1. The first-order valence-corrected chi connectivity index (χ1v) is 9.26. The molecule has 0 saturated carbocycles. The molecule has 2 aliphatic heterocycles. The highest BCUT2D eigenvalue weighted by Gasteiger charge is 2.43. The van der Waals surface area contributed by atoms with Crippen LogP contribution in [-0.2, 0) is 22.6 Å². The highest BCUT2D eigenvalue weighted by molar-refractivity contribution is 7.98. The van der Waals surface area contributed by atoms with Gasteiger partial charge in [0, 0.05) is 23.0 Å². The number of fused-ring (bicyclic) bond motifs is 4. The van der Waals surface area contributed by atoms with Crippen LogP contribution in [0.15, 0.2) is 24.3 Å². The number of hydrogen-bond donors (Lipinski definition) is 2. The summed E-state index contributed by atoms with van der Waals surface area (Å²) in [4.78, 5) is 30.4. The lowest BCUT2D eigenvalue weighted by Crippen LogP contribution is -2.64. The minimum Gasteiger partial charge on any atom is -0.357 e. The molecule has 2 aliphatic rings. The van der Waals surface area contributed by atoms with Crippen molar-refractivity contribution >= 4 is 34.5 Å². The summed E-state index contributed by atoms with van der Waals surface area (Å²) in [7, 11) is 0. The maximum absolute atomic E-state index is 12.7. The Kier molecular flexibility index (Phi) is 3.56. The highest BCUT2D eigenvalue weighted by atomic mass is 32.2. The van der Waals surface area contributed by atoms with E-state index in [1.54, 1.807) is 16.7 Å². The van der Waals surface area contributed by atoms with Crippen molar-refractivity contribution in [3.05, 3.63) is 35.5 Å². The van der Waals surface area contributed by atoms with Crippen LogP contribution in [0, 0.1) is 0 Å². The van der Waals surface area contributed by atoms with Gasteiger partial charge in [0.25, 0.3) is 0 Å². The van der Waals surface area contributed by atoms with E-state index in [0.29, 0.717) is 19.4 Å². The van der Waals surface area contributed by atoms with Crippen LogP contribution in [0.25, 0.3) is 10.9 Å². The van der Waals surface area contributed by atoms with Gasteiger partial charge in [-0.3, -0.25) is 9.59 Å². The number of amides is 2. The fraction of sp³-hybridized carbons (Fsp3) is 0.412. The smallest absolute Gasteiger partial charge is 0.246 e. The lowest BCUT2D eigenvalue weighted by molar-refractivity contribution is -0.150. The van der Waals surface area contributed by atoms with Gasteiger partial charge in [0.15, 0.2) is 0 Å². The molecule has 0 unspecified atom stereocenters. The van der Waals surface area contributed by atoms with Crippen LogP contribution < -0.4 is 5.32 Å². The van der Waals surface area contributed by atoms with E-state index in [9.17, 15) is 9.59 Å². The largest absolute Gasteiger partial charge is 0.357 e. The van der Waals surface area contributed by atoms with E-state index >= 15 is 0 Å². The summed E-state index contributed by atoms with van der Waals surface area (Å²) >= 11 is 1.69. The Morgan fingerprint density at radius 1 is 1.30 bits per heavy atom.